The van der Waals surface area contributed by atoms with Gasteiger partial charge in [0, 0.05) is 24.9 Å². The zero-order valence-electron chi connectivity index (χ0n) is 16.7. The average Bonchev–Trinajstić information content (AvgIpc) is 3.08. The first kappa shape index (κ1) is 20.4. The van der Waals surface area contributed by atoms with Crippen molar-refractivity contribution < 1.29 is 14.0 Å². The van der Waals surface area contributed by atoms with Gasteiger partial charge < -0.3 is 20.4 Å². The van der Waals surface area contributed by atoms with Crippen LogP contribution in [0.5, 0.6) is 0 Å². The number of unbranched alkanes of at least 4 members (excludes halogenated alkanes) is 1. The number of nitrogens with two attached hydrogens (primary N) is 1. The van der Waals surface area contributed by atoms with Crippen LogP contribution in [-0.2, 0) is 11.2 Å². The summed E-state index contributed by atoms with van der Waals surface area (Å²) in [7, 11) is 0. The van der Waals surface area contributed by atoms with Crippen LogP contribution in [0.15, 0.2) is 28.7 Å². The number of furan rings is 1. The van der Waals surface area contributed by atoms with E-state index < -0.39 is 0 Å². The number of amides is 2. The molecule has 1 fully saturated rings. The summed E-state index contributed by atoms with van der Waals surface area (Å²) in [4.78, 5) is 26.5. The molecular weight excluding hydrogens is 354 g/mol. The maximum Gasteiger partial charge on any atom is 0.255 e. The molecule has 1 aliphatic rings. The fourth-order valence-corrected chi connectivity index (χ4v) is 3.94. The summed E-state index contributed by atoms with van der Waals surface area (Å²) in [6.45, 7) is 5.32. The van der Waals surface area contributed by atoms with E-state index in [1.54, 1.807) is 0 Å². The topological polar surface area (TPSA) is 88.6 Å². The molecule has 28 heavy (non-hydrogen) atoms. The number of nitrogens with one attached hydrogen (secondary N) is 1. The summed E-state index contributed by atoms with van der Waals surface area (Å²) in [5.41, 5.74) is 6.89. The molecule has 0 spiro atoms. The first-order valence-electron chi connectivity index (χ1n) is 10.4. The number of likely N-dealkylation sites (tertiary alicyclic amines) is 1. The van der Waals surface area contributed by atoms with Gasteiger partial charge in [0.15, 0.2) is 0 Å². The molecule has 1 saturated heterocycles. The van der Waals surface area contributed by atoms with E-state index >= 15 is 0 Å². The summed E-state index contributed by atoms with van der Waals surface area (Å²) < 4.78 is 5.95. The van der Waals surface area contributed by atoms with Gasteiger partial charge in [-0.15, -0.1) is 0 Å². The number of hydrogen-bond acceptors (Lipinski definition) is 4. The van der Waals surface area contributed by atoms with Gasteiger partial charge in [0.1, 0.15) is 11.3 Å². The molecule has 1 aromatic heterocycles. The van der Waals surface area contributed by atoms with Crippen LogP contribution in [0, 0.1) is 5.92 Å². The number of para-hydroxylation sites is 1. The van der Waals surface area contributed by atoms with E-state index in [2.05, 4.69) is 17.1 Å². The Kier molecular flexibility index (Phi) is 7.09. The third kappa shape index (κ3) is 4.93. The summed E-state index contributed by atoms with van der Waals surface area (Å²) in [5, 5.41) is 3.93. The van der Waals surface area contributed by atoms with Crippen molar-refractivity contribution in [2.24, 2.45) is 11.7 Å². The zero-order valence-corrected chi connectivity index (χ0v) is 16.7. The van der Waals surface area contributed by atoms with E-state index in [0.717, 1.165) is 74.9 Å². The van der Waals surface area contributed by atoms with Crippen LogP contribution in [0.4, 0.5) is 0 Å². The van der Waals surface area contributed by atoms with Crippen LogP contribution in [-0.4, -0.2) is 42.9 Å². The van der Waals surface area contributed by atoms with E-state index in [-0.39, 0.29) is 17.7 Å². The van der Waals surface area contributed by atoms with Gasteiger partial charge in [-0.25, -0.2) is 0 Å². The first-order chi connectivity index (χ1) is 13.6. The Morgan fingerprint density at radius 2 is 2.11 bits per heavy atom. The lowest BCUT2D eigenvalue weighted by Gasteiger charge is -2.31. The first-order valence-corrected chi connectivity index (χ1v) is 10.4. The largest absolute Gasteiger partial charge is 0.460 e. The third-order valence-electron chi connectivity index (χ3n) is 5.50. The van der Waals surface area contributed by atoms with Gasteiger partial charge in [0.2, 0.25) is 5.91 Å². The standard InChI is InChI=1S/C22H31N3O3/c1-2-3-10-19-20(17-9-4-5-11-18(17)28-19)22(27)24-12-7-14-25-13-6-8-16(15-25)21(23)26/h4-5,9,11,16H,2-3,6-8,10,12-15H2,1H3,(H2,23,26)(H,24,27). The van der Waals surface area contributed by atoms with Gasteiger partial charge >= 0.3 is 0 Å². The second-order valence-electron chi connectivity index (χ2n) is 7.65. The number of aryl methyl sites for hydroxylation is 1. The van der Waals surface area contributed by atoms with Crippen LogP contribution in [0.2, 0.25) is 0 Å². The predicted molar refractivity (Wildman–Crippen MR) is 110 cm³/mol. The number of piperidine rings is 1. The van der Waals surface area contributed by atoms with Crippen molar-refractivity contribution in [1.82, 2.24) is 10.2 Å². The summed E-state index contributed by atoms with van der Waals surface area (Å²) in [6, 6.07) is 7.72. The lowest BCUT2D eigenvalue weighted by atomic mass is 9.97. The number of nitrogens with zero attached hydrogens (tertiary/aromatic N) is 1. The maximum absolute atomic E-state index is 12.9. The second-order valence-corrected chi connectivity index (χ2v) is 7.65. The molecular formula is C22H31N3O3. The van der Waals surface area contributed by atoms with Crippen molar-refractivity contribution in [2.75, 3.05) is 26.2 Å². The molecule has 152 valence electrons. The Labute approximate surface area is 166 Å². The molecule has 0 bridgehead atoms. The Morgan fingerprint density at radius 1 is 1.29 bits per heavy atom. The quantitative estimate of drug-likeness (QED) is 0.649. The normalized spacial score (nSPS) is 17.7. The molecule has 2 amide bonds. The molecule has 1 aliphatic heterocycles. The fourth-order valence-electron chi connectivity index (χ4n) is 3.94. The van der Waals surface area contributed by atoms with E-state index in [4.69, 9.17) is 10.2 Å². The molecule has 3 rings (SSSR count). The average molecular weight is 386 g/mol. The smallest absolute Gasteiger partial charge is 0.255 e. The Hall–Kier alpha value is -2.34. The number of carbonyl (C=O) groups is 2. The number of hydrogen-bond donors (Lipinski definition) is 2. The van der Waals surface area contributed by atoms with Crippen molar-refractivity contribution >= 4 is 22.8 Å². The minimum atomic E-state index is -0.204. The van der Waals surface area contributed by atoms with E-state index in [0.29, 0.717) is 12.1 Å². The molecule has 0 saturated carbocycles. The molecule has 0 aliphatic carbocycles. The van der Waals surface area contributed by atoms with Gasteiger partial charge in [-0.1, -0.05) is 31.5 Å². The van der Waals surface area contributed by atoms with E-state index in [1.165, 1.54) is 0 Å². The molecule has 1 aromatic carbocycles. The number of benzene rings is 1. The minimum absolute atomic E-state index is 0.0400. The van der Waals surface area contributed by atoms with Crippen molar-refractivity contribution in [1.29, 1.82) is 0 Å². The minimum Gasteiger partial charge on any atom is -0.460 e. The molecule has 6 nitrogen and oxygen atoms in total. The number of fused-ring (bicyclic) bond motifs is 1. The fraction of sp³-hybridized carbons (Fsp3) is 0.545. The van der Waals surface area contributed by atoms with Crippen molar-refractivity contribution in [3.63, 3.8) is 0 Å². The Balaban J connectivity index is 1.55. The number of carbonyl (C=O) groups excluding carboxylic acids is 2. The van der Waals surface area contributed by atoms with Crippen LogP contribution in [0.1, 0.15) is 55.1 Å². The van der Waals surface area contributed by atoms with Crippen LogP contribution >= 0.6 is 0 Å². The lowest BCUT2D eigenvalue weighted by Crippen LogP contribution is -2.42. The van der Waals surface area contributed by atoms with E-state index in [9.17, 15) is 9.59 Å². The molecule has 1 unspecified atom stereocenters. The molecule has 2 aromatic rings. The molecule has 1 atom stereocenters. The van der Waals surface area contributed by atoms with Crippen LogP contribution < -0.4 is 11.1 Å². The number of rotatable bonds is 9. The Morgan fingerprint density at radius 3 is 2.89 bits per heavy atom. The molecule has 3 N–H and O–H groups in total. The lowest BCUT2D eigenvalue weighted by molar-refractivity contribution is -0.123. The highest BCUT2D eigenvalue weighted by molar-refractivity contribution is 6.07. The molecule has 6 heteroatoms. The maximum atomic E-state index is 12.9. The van der Waals surface area contributed by atoms with Gasteiger partial charge in [-0.3, -0.25) is 9.59 Å². The second kappa shape index (κ2) is 9.73. The highest BCUT2D eigenvalue weighted by atomic mass is 16.3. The third-order valence-corrected chi connectivity index (χ3v) is 5.50. The van der Waals surface area contributed by atoms with Crippen molar-refractivity contribution in [3.05, 3.63) is 35.6 Å². The van der Waals surface area contributed by atoms with Crippen molar-refractivity contribution in [2.45, 2.75) is 45.4 Å². The summed E-state index contributed by atoms with van der Waals surface area (Å²) in [5.74, 6) is 0.469. The van der Waals surface area contributed by atoms with Crippen LogP contribution in [0.25, 0.3) is 11.0 Å². The van der Waals surface area contributed by atoms with Crippen molar-refractivity contribution in [3.8, 4) is 0 Å². The summed E-state index contributed by atoms with van der Waals surface area (Å²) >= 11 is 0. The van der Waals surface area contributed by atoms with E-state index in [1.807, 2.05) is 24.3 Å². The van der Waals surface area contributed by atoms with Gasteiger partial charge in [-0.05, 0) is 44.8 Å². The number of primary amides is 1. The zero-order chi connectivity index (χ0) is 19.9. The SMILES string of the molecule is CCCCc1oc2ccccc2c1C(=O)NCCCN1CCCC(C(N)=O)C1. The predicted octanol–water partition coefficient (Wildman–Crippen LogP) is 3.09. The van der Waals surface area contributed by atoms with Gasteiger partial charge in [-0.2, -0.15) is 0 Å². The molecule has 0 radical (unpaired) electrons. The van der Waals surface area contributed by atoms with Crippen LogP contribution in [0.3, 0.4) is 0 Å². The highest BCUT2D eigenvalue weighted by Crippen LogP contribution is 2.27. The highest BCUT2D eigenvalue weighted by Gasteiger charge is 2.24. The monoisotopic (exact) mass is 385 g/mol. The van der Waals surface area contributed by atoms with Gasteiger partial charge in [0.05, 0.1) is 11.5 Å². The summed E-state index contributed by atoms with van der Waals surface area (Å²) in [6.07, 6.45) is 5.56. The molecule has 2 heterocycles. The van der Waals surface area contributed by atoms with Gasteiger partial charge in [0.25, 0.3) is 5.91 Å². The Bertz CT molecular complexity index is 814.